The number of carbonyl (C=O) groups is 1. The van der Waals surface area contributed by atoms with Gasteiger partial charge >= 0.3 is 0 Å². The number of carbonyl (C=O) groups excluding carboxylic acids is 1. The van der Waals surface area contributed by atoms with E-state index in [4.69, 9.17) is 21.1 Å². The highest BCUT2D eigenvalue weighted by Gasteiger charge is 2.49. The topological polar surface area (TPSA) is 76.2 Å². The first-order valence-electron chi connectivity index (χ1n) is 10.0. The summed E-state index contributed by atoms with van der Waals surface area (Å²) in [6, 6.07) is 12.1. The van der Waals surface area contributed by atoms with Crippen molar-refractivity contribution in [3.8, 4) is 11.5 Å². The van der Waals surface area contributed by atoms with Gasteiger partial charge < -0.3 is 14.4 Å². The van der Waals surface area contributed by atoms with Gasteiger partial charge in [0.25, 0.3) is 0 Å². The maximum atomic E-state index is 13.1. The van der Waals surface area contributed by atoms with E-state index in [-0.39, 0.29) is 30.0 Å². The van der Waals surface area contributed by atoms with Crippen molar-refractivity contribution in [2.45, 2.75) is 18.5 Å². The van der Waals surface area contributed by atoms with Crippen LogP contribution in [0.4, 0.5) is 5.69 Å². The number of para-hydroxylation sites is 1. The van der Waals surface area contributed by atoms with Crippen molar-refractivity contribution in [3.63, 3.8) is 0 Å². The predicted molar refractivity (Wildman–Crippen MR) is 120 cm³/mol. The number of fused-ring (bicyclic) bond motifs is 1. The van der Waals surface area contributed by atoms with E-state index in [9.17, 15) is 13.2 Å². The first kappa shape index (κ1) is 21.9. The Morgan fingerprint density at radius 2 is 1.74 bits per heavy atom. The van der Waals surface area contributed by atoms with Crippen LogP contribution in [0.5, 0.6) is 11.5 Å². The Kier molecular flexibility index (Phi) is 6.14. The molecule has 0 spiro atoms. The summed E-state index contributed by atoms with van der Waals surface area (Å²) in [5, 5.41) is 0.379. The van der Waals surface area contributed by atoms with Gasteiger partial charge in [-0.1, -0.05) is 29.8 Å². The zero-order valence-electron chi connectivity index (χ0n) is 17.5. The summed E-state index contributed by atoms with van der Waals surface area (Å²) in [5.74, 6) is 1.13. The van der Waals surface area contributed by atoms with Crippen LogP contribution in [-0.4, -0.2) is 70.1 Å². The number of piperazine rings is 1. The van der Waals surface area contributed by atoms with Gasteiger partial charge in [-0.3, -0.25) is 9.69 Å². The summed E-state index contributed by atoms with van der Waals surface area (Å²) in [5.41, 5.74) is 1.62. The minimum Gasteiger partial charge on any atom is -0.496 e. The third-order valence-electron chi connectivity index (χ3n) is 5.98. The molecule has 166 valence electrons. The van der Waals surface area contributed by atoms with E-state index in [1.165, 1.54) is 7.11 Å². The van der Waals surface area contributed by atoms with E-state index in [0.717, 1.165) is 11.3 Å². The molecule has 2 heterocycles. The summed E-state index contributed by atoms with van der Waals surface area (Å²) in [6.45, 7) is 0.718. The molecular formula is C22H25ClN2O5S. The number of nitrogens with zero attached hydrogens (tertiary/aromatic N) is 2. The van der Waals surface area contributed by atoms with E-state index in [0.29, 0.717) is 29.4 Å². The van der Waals surface area contributed by atoms with Crippen LogP contribution in [0, 0.1) is 0 Å². The Hall–Kier alpha value is -2.29. The maximum absolute atomic E-state index is 13.1. The lowest BCUT2D eigenvalue weighted by atomic mass is 10.0. The normalized spacial score (nSPS) is 22.9. The van der Waals surface area contributed by atoms with E-state index in [2.05, 4.69) is 0 Å². The number of amides is 1. The van der Waals surface area contributed by atoms with Gasteiger partial charge in [-0.2, -0.15) is 0 Å². The highest BCUT2D eigenvalue weighted by atomic mass is 35.5. The lowest BCUT2D eigenvalue weighted by Gasteiger charge is -2.43. The maximum Gasteiger partial charge on any atom is 0.241 e. The molecule has 0 aromatic heterocycles. The third-order valence-corrected chi connectivity index (χ3v) is 7.97. The van der Waals surface area contributed by atoms with Gasteiger partial charge in [-0.15, -0.1) is 0 Å². The SMILES string of the molecule is COc1ccc(N2C(=O)CN(CCc3ccccc3OC)[C@H]3CS(=O)(=O)C[C@H]32)cc1Cl. The molecule has 2 aromatic carbocycles. The van der Waals surface area contributed by atoms with Crippen LogP contribution < -0.4 is 14.4 Å². The molecule has 2 saturated heterocycles. The molecule has 2 aromatic rings. The molecule has 2 atom stereocenters. The van der Waals surface area contributed by atoms with Crippen LogP contribution in [0.1, 0.15) is 5.56 Å². The Labute approximate surface area is 187 Å². The molecular weight excluding hydrogens is 440 g/mol. The molecule has 0 saturated carbocycles. The van der Waals surface area contributed by atoms with Crippen molar-refractivity contribution in [2.75, 3.05) is 43.7 Å². The zero-order valence-corrected chi connectivity index (χ0v) is 19.0. The fourth-order valence-electron chi connectivity index (χ4n) is 4.52. The number of benzene rings is 2. The number of sulfone groups is 1. The van der Waals surface area contributed by atoms with Crippen molar-refractivity contribution in [3.05, 3.63) is 53.1 Å². The number of anilines is 1. The highest BCUT2D eigenvalue weighted by Crippen LogP contribution is 2.35. The molecule has 0 N–H and O–H groups in total. The van der Waals surface area contributed by atoms with Crippen LogP contribution in [0.15, 0.2) is 42.5 Å². The summed E-state index contributed by atoms with van der Waals surface area (Å²) in [7, 11) is -0.117. The van der Waals surface area contributed by atoms with Gasteiger partial charge in [0.1, 0.15) is 11.5 Å². The second-order valence-electron chi connectivity index (χ2n) is 7.83. The highest BCUT2D eigenvalue weighted by molar-refractivity contribution is 7.91. The van der Waals surface area contributed by atoms with Crippen molar-refractivity contribution >= 4 is 33.0 Å². The molecule has 0 bridgehead atoms. The lowest BCUT2D eigenvalue weighted by molar-refractivity contribution is -0.123. The quantitative estimate of drug-likeness (QED) is 0.653. The molecule has 2 aliphatic rings. The standard InChI is InChI=1S/C22H25ClN2O5S/c1-29-20-6-4-3-5-15(20)9-10-24-12-22(26)25(19-14-31(27,28)13-18(19)24)16-7-8-21(30-2)17(23)11-16/h3-8,11,18-19H,9-10,12-14H2,1-2H3/t18-,19+/m0/s1. The minimum atomic E-state index is -3.26. The van der Waals surface area contributed by atoms with Crippen molar-refractivity contribution < 1.29 is 22.7 Å². The van der Waals surface area contributed by atoms with Gasteiger partial charge in [-0.25, -0.2) is 8.42 Å². The molecule has 2 aliphatic heterocycles. The van der Waals surface area contributed by atoms with Crippen molar-refractivity contribution in [1.29, 1.82) is 0 Å². The van der Waals surface area contributed by atoms with E-state index in [1.807, 2.05) is 29.2 Å². The van der Waals surface area contributed by atoms with Gasteiger partial charge in [0, 0.05) is 18.3 Å². The monoisotopic (exact) mass is 464 g/mol. The fourth-order valence-corrected chi connectivity index (χ4v) is 6.75. The van der Waals surface area contributed by atoms with E-state index in [1.54, 1.807) is 30.2 Å². The number of hydrogen-bond donors (Lipinski definition) is 0. The average molecular weight is 465 g/mol. The van der Waals surface area contributed by atoms with Crippen LogP contribution in [0.25, 0.3) is 0 Å². The van der Waals surface area contributed by atoms with Crippen LogP contribution in [0.3, 0.4) is 0 Å². The molecule has 0 unspecified atom stereocenters. The molecule has 1 amide bonds. The van der Waals surface area contributed by atoms with Crippen LogP contribution >= 0.6 is 11.6 Å². The summed E-state index contributed by atoms with van der Waals surface area (Å²) in [6.07, 6.45) is 0.662. The first-order valence-corrected chi connectivity index (χ1v) is 12.2. The smallest absolute Gasteiger partial charge is 0.241 e. The average Bonchev–Trinajstić information content (AvgIpc) is 3.07. The third kappa shape index (κ3) is 4.37. The van der Waals surface area contributed by atoms with Crippen molar-refractivity contribution in [2.24, 2.45) is 0 Å². The predicted octanol–water partition coefficient (Wildman–Crippen LogP) is 2.41. The Bertz CT molecular complexity index is 1090. The van der Waals surface area contributed by atoms with Crippen molar-refractivity contribution in [1.82, 2.24) is 4.90 Å². The molecule has 0 radical (unpaired) electrons. The van der Waals surface area contributed by atoms with Gasteiger partial charge in [-0.05, 0) is 36.2 Å². The molecule has 31 heavy (non-hydrogen) atoms. The zero-order chi connectivity index (χ0) is 22.2. The molecule has 9 heteroatoms. The Morgan fingerprint density at radius 1 is 1.03 bits per heavy atom. The second kappa shape index (κ2) is 8.68. The largest absolute Gasteiger partial charge is 0.496 e. The Morgan fingerprint density at radius 3 is 2.45 bits per heavy atom. The first-order chi connectivity index (χ1) is 14.8. The summed E-state index contributed by atoms with van der Waals surface area (Å²) in [4.78, 5) is 16.7. The number of methoxy groups -OCH3 is 2. The number of ether oxygens (including phenoxy) is 2. The summed E-state index contributed by atoms with van der Waals surface area (Å²) >= 11 is 6.27. The molecule has 2 fully saturated rings. The molecule has 7 nitrogen and oxygen atoms in total. The van der Waals surface area contributed by atoms with E-state index >= 15 is 0 Å². The number of hydrogen-bond acceptors (Lipinski definition) is 6. The molecule has 4 rings (SSSR count). The van der Waals surface area contributed by atoms with E-state index < -0.39 is 15.9 Å². The Balaban J connectivity index is 1.60. The van der Waals surface area contributed by atoms with Crippen LogP contribution in [0.2, 0.25) is 5.02 Å². The van der Waals surface area contributed by atoms with Gasteiger partial charge in [0.15, 0.2) is 9.84 Å². The molecule has 0 aliphatic carbocycles. The number of halogens is 1. The van der Waals surface area contributed by atoms with Crippen LogP contribution in [-0.2, 0) is 21.1 Å². The lowest BCUT2D eigenvalue weighted by Crippen LogP contribution is -2.62. The minimum absolute atomic E-state index is 0.0389. The fraction of sp³-hybridized carbons (Fsp3) is 0.409. The number of rotatable bonds is 6. The second-order valence-corrected chi connectivity index (χ2v) is 10.4. The summed E-state index contributed by atoms with van der Waals surface area (Å²) < 4.78 is 35.7. The van der Waals surface area contributed by atoms with Gasteiger partial charge in [0.05, 0.1) is 43.3 Å². The van der Waals surface area contributed by atoms with Gasteiger partial charge in [0.2, 0.25) is 5.91 Å².